The highest BCUT2D eigenvalue weighted by molar-refractivity contribution is 6.35. The Hall–Kier alpha value is -1.67. The van der Waals surface area contributed by atoms with Crippen LogP contribution >= 0.6 is 11.6 Å². The molecular weight excluding hydrogens is 275 g/mol. The van der Waals surface area contributed by atoms with Gasteiger partial charge in [-0.3, -0.25) is 4.79 Å². The predicted octanol–water partition coefficient (Wildman–Crippen LogP) is 4.98. The van der Waals surface area contributed by atoms with E-state index in [-0.39, 0.29) is 16.4 Å². The van der Waals surface area contributed by atoms with Crippen molar-refractivity contribution in [3.8, 4) is 0 Å². The van der Waals surface area contributed by atoms with Crippen molar-refractivity contribution in [3.05, 3.63) is 70.0 Å². The molecular formula is C17H14ClFO. The van der Waals surface area contributed by atoms with Crippen LogP contribution in [-0.4, -0.2) is 5.78 Å². The van der Waals surface area contributed by atoms with Gasteiger partial charge in [0.2, 0.25) is 0 Å². The number of hydrogen-bond donors (Lipinski definition) is 0. The number of rotatable bonds is 3. The van der Waals surface area contributed by atoms with Gasteiger partial charge in [-0.05, 0) is 36.5 Å². The molecule has 1 aliphatic carbocycles. The van der Waals surface area contributed by atoms with Crippen molar-refractivity contribution in [1.29, 1.82) is 0 Å². The van der Waals surface area contributed by atoms with E-state index < -0.39 is 5.82 Å². The van der Waals surface area contributed by atoms with Crippen LogP contribution < -0.4 is 0 Å². The first kappa shape index (κ1) is 13.3. The molecule has 102 valence electrons. The first-order valence-corrected chi connectivity index (χ1v) is 7.13. The van der Waals surface area contributed by atoms with Gasteiger partial charge in [0, 0.05) is 5.56 Å². The highest BCUT2D eigenvalue weighted by Gasteiger charge is 2.21. The van der Waals surface area contributed by atoms with Crippen LogP contribution in [0.15, 0.2) is 42.5 Å². The van der Waals surface area contributed by atoms with Crippen molar-refractivity contribution in [2.75, 3.05) is 0 Å². The van der Waals surface area contributed by atoms with Crippen molar-refractivity contribution in [1.82, 2.24) is 0 Å². The van der Waals surface area contributed by atoms with Crippen molar-refractivity contribution < 1.29 is 9.18 Å². The van der Waals surface area contributed by atoms with Gasteiger partial charge in [-0.1, -0.05) is 48.4 Å². The summed E-state index contributed by atoms with van der Waals surface area (Å²) < 4.78 is 13.8. The largest absolute Gasteiger partial charge is 0.288 e. The third-order valence-electron chi connectivity index (χ3n) is 3.94. The van der Waals surface area contributed by atoms with Gasteiger partial charge in [0.15, 0.2) is 5.78 Å². The number of halogens is 2. The Labute approximate surface area is 122 Å². The molecule has 0 N–H and O–H groups in total. The molecule has 0 unspecified atom stereocenters. The van der Waals surface area contributed by atoms with Gasteiger partial charge in [-0.25, -0.2) is 4.39 Å². The van der Waals surface area contributed by atoms with E-state index >= 15 is 0 Å². The fraction of sp³-hybridized carbons (Fsp3) is 0.235. The van der Waals surface area contributed by atoms with Crippen molar-refractivity contribution in [2.45, 2.75) is 25.2 Å². The summed E-state index contributed by atoms with van der Waals surface area (Å²) in [6.45, 7) is 0. The molecule has 2 aromatic rings. The summed E-state index contributed by atoms with van der Waals surface area (Å²) in [5.41, 5.74) is 1.68. The van der Waals surface area contributed by atoms with Gasteiger partial charge in [0.25, 0.3) is 0 Å². The van der Waals surface area contributed by atoms with Gasteiger partial charge < -0.3 is 0 Å². The van der Waals surface area contributed by atoms with Crippen LogP contribution in [0.4, 0.5) is 4.39 Å². The second-order valence-corrected chi connectivity index (χ2v) is 5.58. The molecule has 0 spiro atoms. The van der Waals surface area contributed by atoms with Crippen LogP contribution in [-0.2, 0) is 0 Å². The Morgan fingerprint density at radius 1 is 1.10 bits per heavy atom. The minimum Gasteiger partial charge on any atom is -0.288 e. The molecule has 1 nitrogen and oxygen atoms in total. The molecule has 0 aromatic heterocycles. The summed E-state index contributed by atoms with van der Waals surface area (Å²) >= 11 is 5.93. The maximum atomic E-state index is 13.8. The van der Waals surface area contributed by atoms with Crippen molar-refractivity contribution in [3.63, 3.8) is 0 Å². The molecule has 1 fully saturated rings. The normalized spacial score (nSPS) is 14.9. The summed E-state index contributed by atoms with van der Waals surface area (Å²) in [6, 6.07) is 11.7. The van der Waals surface area contributed by atoms with E-state index in [1.54, 1.807) is 12.1 Å². The maximum Gasteiger partial charge on any atom is 0.197 e. The molecule has 1 saturated carbocycles. The number of carbonyl (C=O) groups excluding carboxylic acids is 1. The lowest BCUT2D eigenvalue weighted by Crippen LogP contribution is -2.09. The SMILES string of the molecule is O=C(c1ccc(C2CCC2)cc1)c1c(F)cccc1Cl. The molecule has 0 radical (unpaired) electrons. The van der Waals surface area contributed by atoms with Crippen LogP contribution in [0.2, 0.25) is 5.02 Å². The molecule has 3 rings (SSSR count). The fourth-order valence-corrected chi connectivity index (χ4v) is 2.76. The smallest absolute Gasteiger partial charge is 0.197 e. The van der Waals surface area contributed by atoms with Crippen molar-refractivity contribution in [2.24, 2.45) is 0 Å². The summed E-state index contributed by atoms with van der Waals surface area (Å²) in [5.74, 6) is -0.324. The van der Waals surface area contributed by atoms with Crippen LogP contribution in [0, 0.1) is 5.82 Å². The molecule has 0 bridgehead atoms. The molecule has 0 heterocycles. The Balaban J connectivity index is 1.90. The maximum absolute atomic E-state index is 13.8. The Kier molecular flexibility index (Phi) is 3.58. The predicted molar refractivity (Wildman–Crippen MR) is 77.9 cm³/mol. The zero-order valence-corrected chi connectivity index (χ0v) is 11.7. The monoisotopic (exact) mass is 288 g/mol. The van der Waals surface area contributed by atoms with E-state index in [1.807, 2.05) is 12.1 Å². The lowest BCUT2D eigenvalue weighted by atomic mass is 9.80. The Bertz CT molecular complexity index is 624. The average Bonchev–Trinajstić information content (AvgIpc) is 2.37. The highest BCUT2D eigenvalue weighted by atomic mass is 35.5. The van der Waals surface area contributed by atoms with E-state index in [0.29, 0.717) is 11.5 Å². The van der Waals surface area contributed by atoms with Crippen LogP contribution in [0.1, 0.15) is 46.7 Å². The van der Waals surface area contributed by atoms with Gasteiger partial charge in [0.1, 0.15) is 5.82 Å². The third-order valence-corrected chi connectivity index (χ3v) is 4.25. The highest BCUT2D eigenvalue weighted by Crippen LogP contribution is 2.36. The number of carbonyl (C=O) groups is 1. The number of benzene rings is 2. The zero-order valence-electron chi connectivity index (χ0n) is 10.9. The van der Waals surface area contributed by atoms with E-state index in [2.05, 4.69) is 0 Å². The quantitative estimate of drug-likeness (QED) is 0.728. The summed E-state index contributed by atoms with van der Waals surface area (Å²) in [4.78, 5) is 12.3. The lowest BCUT2D eigenvalue weighted by molar-refractivity contribution is 0.103. The van der Waals surface area contributed by atoms with Crippen LogP contribution in [0.3, 0.4) is 0 Å². The molecule has 0 atom stereocenters. The first-order chi connectivity index (χ1) is 9.66. The molecule has 0 saturated heterocycles. The Morgan fingerprint density at radius 2 is 1.80 bits per heavy atom. The molecule has 3 heteroatoms. The topological polar surface area (TPSA) is 17.1 Å². The lowest BCUT2D eigenvalue weighted by Gasteiger charge is -2.25. The zero-order chi connectivity index (χ0) is 14.1. The van der Waals surface area contributed by atoms with Gasteiger partial charge in [-0.15, -0.1) is 0 Å². The van der Waals surface area contributed by atoms with Gasteiger partial charge in [0.05, 0.1) is 10.6 Å². The summed E-state index contributed by atoms with van der Waals surface area (Å²) in [6.07, 6.45) is 3.70. The molecule has 1 aliphatic rings. The first-order valence-electron chi connectivity index (χ1n) is 6.75. The second kappa shape index (κ2) is 5.37. The van der Waals surface area contributed by atoms with E-state index in [9.17, 15) is 9.18 Å². The molecule has 0 aliphatic heterocycles. The van der Waals surface area contributed by atoms with Crippen LogP contribution in [0.5, 0.6) is 0 Å². The van der Waals surface area contributed by atoms with E-state index in [1.165, 1.54) is 43.0 Å². The fourth-order valence-electron chi connectivity index (χ4n) is 2.51. The average molecular weight is 289 g/mol. The molecule has 0 amide bonds. The van der Waals surface area contributed by atoms with E-state index in [0.717, 1.165) is 0 Å². The summed E-state index contributed by atoms with van der Waals surface area (Å²) in [7, 11) is 0. The van der Waals surface area contributed by atoms with Crippen LogP contribution in [0.25, 0.3) is 0 Å². The Morgan fingerprint density at radius 3 is 2.35 bits per heavy atom. The third kappa shape index (κ3) is 2.36. The van der Waals surface area contributed by atoms with Gasteiger partial charge in [-0.2, -0.15) is 0 Å². The standard InChI is InChI=1S/C17H14ClFO/c18-14-5-2-6-15(19)16(14)17(20)13-9-7-12(8-10-13)11-3-1-4-11/h2,5-11H,1,3-4H2. The van der Waals surface area contributed by atoms with E-state index in [4.69, 9.17) is 11.6 Å². The number of ketones is 1. The number of hydrogen-bond acceptors (Lipinski definition) is 1. The van der Waals surface area contributed by atoms with Crippen molar-refractivity contribution >= 4 is 17.4 Å². The second-order valence-electron chi connectivity index (χ2n) is 5.18. The minimum atomic E-state index is -0.578. The summed E-state index contributed by atoms with van der Waals surface area (Å²) in [5, 5.41) is 0.151. The molecule has 2 aromatic carbocycles. The van der Waals surface area contributed by atoms with Gasteiger partial charge >= 0.3 is 0 Å². The molecule has 20 heavy (non-hydrogen) atoms. The minimum absolute atomic E-state index is 0.0504.